The highest BCUT2D eigenvalue weighted by atomic mass is 16.6. The number of carbonyl (C=O) groups excluding carboxylic acids is 1. The van der Waals surface area contributed by atoms with Crippen molar-refractivity contribution >= 4 is 11.8 Å². The summed E-state index contributed by atoms with van der Waals surface area (Å²) in [5.74, 6) is 0.794. The molecule has 0 unspecified atom stereocenters. The molecule has 1 saturated heterocycles. The number of aliphatic hydroxyl groups is 1. The summed E-state index contributed by atoms with van der Waals surface area (Å²) in [6.45, 7) is 0.376. The highest BCUT2D eigenvalue weighted by Gasteiger charge is 2.44. The maximum Gasteiger partial charge on any atom is 0.415 e. The first-order valence-corrected chi connectivity index (χ1v) is 8.16. The summed E-state index contributed by atoms with van der Waals surface area (Å²) >= 11 is 0. The van der Waals surface area contributed by atoms with Crippen LogP contribution in [0.25, 0.3) is 0 Å². The normalized spacial score (nSPS) is 21.9. The van der Waals surface area contributed by atoms with Crippen molar-refractivity contribution in [1.29, 1.82) is 0 Å². The Morgan fingerprint density at radius 1 is 1.21 bits per heavy atom. The van der Waals surface area contributed by atoms with E-state index in [1.807, 2.05) is 48.5 Å². The van der Waals surface area contributed by atoms with Crippen LogP contribution in [0.2, 0.25) is 0 Å². The van der Waals surface area contributed by atoms with Gasteiger partial charge >= 0.3 is 6.09 Å². The molecular formula is C19H19NO4. The Balaban J connectivity index is 1.53. The lowest BCUT2D eigenvalue weighted by atomic mass is 9.94. The molecule has 24 heavy (non-hydrogen) atoms. The van der Waals surface area contributed by atoms with E-state index in [2.05, 4.69) is 0 Å². The largest absolute Gasteiger partial charge is 0.489 e. The number of hydrogen-bond donors (Lipinski definition) is 1. The van der Waals surface area contributed by atoms with Crippen molar-refractivity contribution in [1.82, 2.24) is 0 Å². The number of anilines is 1. The Bertz CT molecular complexity index is 746. The zero-order valence-electron chi connectivity index (χ0n) is 13.2. The lowest BCUT2D eigenvalue weighted by molar-refractivity contribution is 0.0817. The Hall–Kier alpha value is -2.53. The van der Waals surface area contributed by atoms with Gasteiger partial charge in [-0.2, -0.15) is 0 Å². The van der Waals surface area contributed by atoms with Crippen molar-refractivity contribution in [2.45, 2.75) is 31.6 Å². The van der Waals surface area contributed by atoms with Crippen LogP contribution >= 0.6 is 0 Å². The molecule has 0 aliphatic carbocycles. The predicted octanol–water partition coefficient (Wildman–Crippen LogP) is 2.90. The summed E-state index contributed by atoms with van der Waals surface area (Å²) in [5.41, 5.74) is 3.05. The molecule has 2 aromatic carbocycles. The van der Waals surface area contributed by atoms with Crippen LogP contribution in [0.5, 0.6) is 5.75 Å². The van der Waals surface area contributed by atoms with E-state index in [0.717, 1.165) is 35.4 Å². The van der Waals surface area contributed by atoms with E-state index < -0.39 is 6.10 Å². The molecule has 0 radical (unpaired) electrons. The van der Waals surface area contributed by atoms with Gasteiger partial charge in [0.2, 0.25) is 0 Å². The Kier molecular flexibility index (Phi) is 3.86. The fourth-order valence-corrected chi connectivity index (χ4v) is 3.45. The van der Waals surface area contributed by atoms with Gasteiger partial charge in [0, 0.05) is 0 Å². The van der Waals surface area contributed by atoms with Crippen LogP contribution < -0.4 is 9.64 Å². The van der Waals surface area contributed by atoms with Crippen molar-refractivity contribution < 1.29 is 19.4 Å². The van der Waals surface area contributed by atoms with Crippen LogP contribution in [0.1, 0.15) is 17.5 Å². The molecule has 2 heterocycles. The highest BCUT2D eigenvalue weighted by Crippen LogP contribution is 2.38. The van der Waals surface area contributed by atoms with Crippen LogP contribution in [-0.2, 0) is 17.8 Å². The van der Waals surface area contributed by atoms with Crippen molar-refractivity contribution in [3.8, 4) is 5.75 Å². The summed E-state index contributed by atoms with van der Waals surface area (Å²) in [7, 11) is 0. The number of cyclic esters (lactones) is 1. The fourth-order valence-electron chi connectivity index (χ4n) is 3.45. The number of carbonyl (C=O) groups is 1. The standard InChI is InChI=1S/C19H19NO4/c21-11-18-17-8-6-14-10-15(23-12-13-4-2-1-3-5-13)7-9-16(14)20(17)19(22)24-18/h1-5,7,9-10,17-18,21H,6,8,11-12H2/t17-,18-/m1/s1. The second-order valence-electron chi connectivity index (χ2n) is 6.15. The van der Waals surface area contributed by atoms with E-state index in [0.29, 0.717) is 6.61 Å². The van der Waals surface area contributed by atoms with E-state index in [1.165, 1.54) is 0 Å². The first kappa shape index (κ1) is 15.0. The number of rotatable bonds is 4. The van der Waals surface area contributed by atoms with Gasteiger partial charge in [-0.25, -0.2) is 4.79 Å². The third kappa shape index (κ3) is 2.61. The molecule has 0 saturated carbocycles. The number of benzene rings is 2. The van der Waals surface area contributed by atoms with Gasteiger partial charge in [-0.05, 0) is 42.2 Å². The van der Waals surface area contributed by atoms with E-state index in [4.69, 9.17) is 9.47 Å². The minimum absolute atomic E-state index is 0.0777. The molecule has 0 aromatic heterocycles. The van der Waals surface area contributed by atoms with E-state index in [-0.39, 0.29) is 18.7 Å². The first-order chi connectivity index (χ1) is 11.8. The Morgan fingerprint density at radius 3 is 2.83 bits per heavy atom. The summed E-state index contributed by atoms with van der Waals surface area (Å²) in [6, 6.07) is 15.7. The molecule has 1 amide bonds. The molecule has 2 aromatic rings. The van der Waals surface area contributed by atoms with Crippen LogP contribution in [0.4, 0.5) is 10.5 Å². The van der Waals surface area contributed by atoms with Crippen molar-refractivity contribution in [3.05, 3.63) is 59.7 Å². The molecule has 0 bridgehead atoms. The van der Waals surface area contributed by atoms with Gasteiger partial charge < -0.3 is 14.6 Å². The monoisotopic (exact) mass is 325 g/mol. The molecule has 2 atom stereocenters. The molecule has 2 aliphatic heterocycles. The Morgan fingerprint density at radius 2 is 2.04 bits per heavy atom. The number of amides is 1. The zero-order chi connectivity index (χ0) is 16.5. The van der Waals surface area contributed by atoms with Gasteiger partial charge in [0.25, 0.3) is 0 Å². The second kappa shape index (κ2) is 6.17. The zero-order valence-corrected chi connectivity index (χ0v) is 13.2. The minimum Gasteiger partial charge on any atom is -0.489 e. The van der Waals surface area contributed by atoms with Crippen LogP contribution in [-0.4, -0.2) is 30.0 Å². The van der Waals surface area contributed by atoms with E-state index >= 15 is 0 Å². The molecular weight excluding hydrogens is 306 g/mol. The van der Waals surface area contributed by atoms with Gasteiger partial charge in [0.05, 0.1) is 18.3 Å². The number of ether oxygens (including phenoxy) is 2. The first-order valence-electron chi connectivity index (χ1n) is 8.16. The molecule has 5 nitrogen and oxygen atoms in total. The van der Waals surface area contributed by atoms with Crippen LogP contribution in [0.3, 0.4) is 0 Å². The lowest BCUT2D eigenvalue weighted by Crippen LogP contribution is -2.41. The summed E-state index contributed by atoms with van der Waals surface area (Å²) in [4.78, 5) is 13.8. The molecule has 5 heteroatoms. The smallest absolute Gasteiger partial charge is 0.415 e. The average Bonchev–Trinajstić information content (AvgIpc) is 2.97. The average molecular weight is 325 g/mol. The maximum absolute atomic E-state index is 12.1. The van der Waals surface area contributed by atoms with Gasteiger partial charge in [-0.1, -0.05) is 30.3 Å². The Labute approximate surface area is 140 Å². The topological polar surface area (TPSA) is 59.0 Å². The summed E-state index contributed by atoms with van der Waals surface area (Å²) in [6.07, 6.45) is 0.816. The number of hydrogen-bond acceptors (Lipinski definition) is 4. The van der Waals surface area contributed by atoms with Crippen LogP contribution in [0, 0.1) is 0 Å². The molecule has 0 spiro atoms. The second-order valence-corrected chi connectivity index (χ2v) is 6.15. The molecule has 4 rings (SSSR count). The number of nitrogens with zero attached hydrogens (tertiary/aromatic N) is 1. The quantitative estimate of drug-likeness (QED) is 0.939. The lowest BCUT2D eigenvalue weighted by Gasteiger charge is -2.31. The van der Waals surface area contributed by atoms with E-state index in [9.17, 15) is 9.90 Å². The van der Waals surface area contributed by atoms with Crippen LogP contribution in [0.15, 0.2) is 48.5 Å². The van der Waals surface area contributed by atoms with Crippen molar-refractivity contribution in [2.75, 3.05) is 11.5 Å². The van der Waals surface area contributed by atoms with Gasteiger partial charge in [-0.15, -0.1) is 0 Å². The minimum atomic E-state index is -0.431. The van der Waals surface area contributed by atoms with E-state index in [1.54, 1.807) is 4.90 Å². The summed E-state index contributed by atoms with van der Waals surface area (Å²) < 4.78 is 11.1. The molecule has 1 fully saturated rings. The molecule has 1 N–H and O–H groups in total. The van der Waals surface area contributed by atoms with Gasteiger partial charge in [-0.3, -0.25) is 4.90 Å². The molecule has 2 aliphatic rings. The van der Waals surface area contributed by atoms with Crippen molar-refractivity contribution in [3.63, 3.8) is 0 Å². The number of aliphatic hydroxyl groups excluding tert-OH is 1. The third-order valence-corrected chi connectivity index (χ3v) is 4.66. The number of aryl methyl sites for hydroxylation is 1. The predicted molar refractivity (Wildman–Crippen MR) is 89.2 cm³/mol. The van der Waals surface area contributed by atoms with Crippen molar-refractivity contribution in [2.24, 2.45) is 0 Å². The SMILES string of the molecule is O=C1O[C@H](CO)[C@H]2CCc3cc(OCc4ccccc4)ccc3N12. The van der Waals surface area contributed by atoms with Gasteiger partial charge in [0.15, 0.2) is 0 Å². The van der Waals surface area contributed by atoms with Gasteiger partial charge in [0.1, 0.15) is 18.5 Å². The molecule has 124 valence electrons. The highest BCUT2D eigenvalue weighted by molar-refractivity contribution is 5.92. The maximum atomic E-state index is 12.1. The number of fused-ring (bicyclic) bond motifs is 3. The fraction of sp³-hybridized carbons (Fsp3) is 0.316. The third-order valence-electron chi connectivity index (χ3n) is 4.66. The summed E-state index contributed by atoms with van der Waals surface area (Å²) in [5, 5.41) is 9.37.